The molecule has 0 saturated carbocycles. The summed E-state index contributed by atoms with van der Waals surface area (Å²) in [5.41, 5.74) is 0.798. The van der Waals surface area contributed by atoms with Crippen molar-refractivity contribution in [1.29, 1.82) is 0 Å². The van der Waals surface area contributed by atoms with Gasteiger partial charge in [0.2, 0.25) is 5.88 Å². The molecule has 1 aromatic carbocycles. The van der Waals surface area contributed by atoms with Crippen molar-refractivity contribution in [3.8, 4) is 11.6 Å². The van der Waals surface area contributed by atoms with Gasteiger partial charge >= 0.3 is 0 Å². The van der Waals surface area contributed by atoms with Crippen molar-refractivity contribution in [1.82, 2.24) is 10.3 Å². The van der Waals surface area contributed by atoms with E-state index in [1.54, 1.807) is 6.07 Å². The molecule has 0 unspecified atom stereocenters. The van der Waals surface area contributed by atoms with E-state index in [4.69, 9.17) is 16.3 Å². The van der Waals surface area contributed by atoms with Crippen molar-refractivity contribution in [2.24, 2.45) is 0 Å². The molecular weight excluding hydrogens is 375 g/mol. The first-order chi connectivity index (χ1) is 9.19. The Bertz CT molecular complexity index is 563. The predicted octanol–water partition coefficient (Wildman–Crippen LogP) is 4.24. The molecule has 1 heterocycles. The Morgan fingerprint density at radius 1 is 1.32 bits per heavy atom. The molecule has 0 aliphatic carbocycles. The number of hydrogen-bond acceptors (Lipinski definition) is 3. The molecule has 0 atom stereocenters. The molecule has 3 nitrogen and oxygen atoms in total. The molecule has 0 spiro atoms. The molecule has 2 aromatic rings. The summed E-state index contributed by atoms with van der Waals surface area (Å²) in [7, 11) is 0. The number of benzene rings is 1. The SMILES string of the molecule is CCNCc1nc(Oc2cccc(I)c2)ccc1Cl. The summed E-state index contributed by atoms with van der Waals surface area (Å²) < 4.78 is 6.85. The van der Waals surface area contributed by atoms with Crippen LogP contribution in [0.3, 0.4) is 0 Å². The van der Waals surface area contributed by atoms with Crippen LogP contribution in [0.5, 0.6) is 11.6 Å². The zero-order chi connectivity index (χ0) is 13.7. The second-order valence-electron chi connectivity index (χ2n) is 3.92. The maximum absolute atomic E-state index is 6.10. The Morgan fingerprint density at radius 2 is 2.16 bits per heavy atom. The molecule has 1 aromatic heterocycles. The van der Waals surface area contributed by atoms with E-state index in [0.29, 0.717) is 17.4 Å². The summed E-state index contributed by atoms with van der Waals surface area (Å²) in [4.78, 5) is 4.42. The van der Waals surface area contributed by atoms with Crippen LogP contribution >= 0.6 is 34.2 Å². The molecule has 2 rings (SSSR count). The Morgan fingerprint density at radius 3 is 2.89 bits per heavy atom. The van der Waals surface area contributed by atoms with Gasteiger partial charge in [-0.3, -0.25) is 0 Å². The van der Waals surface area contributed by atoms with Gasteiger partial charge in [-0.25, -0.2) is 4.98 Å². The Balaban J connectivity index is 2.16. The lowest BCUT2D eigenvalue weighted by molar-refractivity contribution is 0.459. The first kappa shape index (κ1) is 14.6. The van der Waals surface area contributed by atoms with Gasteiger partial charge in [0.15, 0.2) is 0 Å². The fourth-order valence-corrected chi connectivity index (χ4v) is 2.23. The van der Waals surface area contributed by atoms with Crippen molar-refractivity contribution < 1.29 is 4.74 Å². The third-order valence-electron chi connectivity index (χ3n) is 2.45. The maximum atomic E-state index is 6.10. The van der Waals surface area contributed by atoms with Gasteiger partial charge in [-0.15, -0.1) is 0 Å². The third-order valence-corrected chi connectivity index (χ3v) is 3.47. The second kappa shape index (κ2) is 7.07. The number of aromatic nitrogens is 1. The highest BCUT2D eigenvalue weighted by Gasteiger charge is 2.05. The molecule has 19 heavy (non-hydrogen) atoms. The van der Waals surface area contributed by atoms with Crippen LogP contribution in [0.15, 0.2) is 36.4 Å². The van der Waals surface area contributed by atoms with E-state index in [0.717, 1.165) is 21.6 Å². The Labute approximate surface area is 131 Å². The average molecular weight is 389 g/mol. The molecule has 5 heteroatoms. The van der Waals surface area contributed by atoms with Crippen molar-refractivity contribution in [3.05, 3.63) is 50.7 Å². The van der Waals surface area contributed by atoms with Crippen molar-refractivity contribution in [3.63, 3.8) is 0 Å². The van der Waals surface area contributed by atoms with Gasteiger partial charge in [0, 0.05) is 16.2 Å². The Hall–Kier alpha value is -0.850. The molecule has 0 aliphatic rings. The molecule has 0 bridgehead atoms. The maximum Gasteiger partial charge on any atom is 0.219 e. The van der Waals surface area contributed by atoms with E-state index in [9.17, 15) is 0 Å². The standard InChI is InChI=1S/C14H14ClIN2O/c1-2-17-9-13-12(15)6-7-14(18-13)19-11-5-3-4-10(16)8-11/h3-8,17H,2,9H2,1H3. The molecular formula is C14H14ClIN2O. The quantitative estimate of drug-likeness (QED) is 0.778. The van der Waals surface area contributed by atoms with Crippen molar-refractivity contribution in [2.45, 2.75) is 13.5 Å². The van der Waals surface area contributed by atoms with Gasteiger partial charge in [0.05, 0.1) is 10.7 Å². The number of rotatable bonds is 5. The van der Waals surface area contributed by atoms with E-state index < -0.39 is 0 Å². The van der Waals surface area contributed by atoms with E-state index in [1.165, 1.54) is 0 Å². The lowest BCUT2D eigenvalue weighted by atomic mass is 10.3. The summed E-state index contributed by atoms with van der Waals surface area (Å²) >= 11 is 8.35. The molecule has 0 saturated heterocycles. The van der Waals surface area contributed by atoms with Crippen LogP contribution in [0.2, 0.25) is 5.02 Å². The monoisotopic (exact) mass is 388 g/mol. The number of nitrogens with one attached hydrogen (secondary N) is 1. The van der Waals surface area contributed by atoms with Gasteiger partial charge in [0.25, 0.3) is 0 Å². The number of pyridine rings is 1. The predicted molar refractivity (Wildman–Crippen MR) is 85.9 cm³/mol. The van der Waals surface area contributed by atoms with Crippen LogP contribution in [0.1, 0.15) is 12.6 Å². The number of halogens is 2. The number of nitrogens with zero attached hydrogens (tertiary/aromatic N) is 1. The lowest BCUT2D eigenvalue weighted by Crippen LogP contribution is -2.13. The van der Waals surface area contributed by atoms with Crippen LogP contribution in [0, 0.1) is 3.57 Å². The highest BCUT2D eigenvalue weighted by atomic mass is 127. The van der Waals surface area contributed by atoms with Gasteiger partial charge in [-0.05, 0) is 53.4 Å². The second-order valence-corrected chi connectivity index (χ2v) is 5.57. The van der Waals surface area contributed by atoms with Crippen molar-refractivity contribution >= 4 is 34.2 Å². The fourth-order valence-electron chi connectivity index (χ4n) is 1.54. The molecule has 0 radical (unpaired) electrons. The first-order valence-corrected chi connectivity index (χ1v) is 7.44. The molecule has 1 N–H and O–H groups in total. The van der Waals surface area contributed by atoms with Gasteiger partial charge in [0.1, 0.15) is 5.75 Å². The van der Waals surface area contributed by atoms with Gasteiger partial charge in [-0.2, -0.15) is 0 Å². The zero-order valence-electron chi connectivity index (χ0n) is 10.5. The molecule has 100 valence electrons. The van der Waals surface area contributed by atoms with Gasteiger partial charge < -0.3 is 10.1 Å². The first-order valence-electron chi connectivity index (χ1n) is 5.98. The van der Waals surface area contributed by atoms with Crippen LogP contribution < -0.4 is 10.1 Å². The highest BCUT2D eigenvalue weighted by Crippen LogP contribution is 2.24. The average Bonchev–Trinajstić information content (AvgIpc) is 2.39. The minimum atomic E-state index is 0.555. The minimum absolute atomic E-state index is 0.555. The van der Waals surface area contributed by atoms with Crippen molar-refractivity contribution in [2.75, 3.05) is 6.54 Å². The molecule has 0 amide bonds. The summed E-state index contributed by atoms with van der Waals surface area (Å²) in [5, 5.41) is 3.85. The number of ether oxygens (including phenoxy) is 1. The summed E-state index contributed by atoms with van der Waals surface area (Å²) in [6.45, 7) is 3.55. The van der Waals surface area contributed by atoms with Gasteiger partial charge in [-0.1, -0.05) is 24.6 Å². The smallest absolute Gasteiger partial charge is 0.219 e. The molecule has 0 aliphatic heterocycles. The molecule has 0 fully saturated rings. The normalized spacial score (nSPS) is 10.5. The third kappa shape index (κ3) is 4.33. The van der Waals surface area contributed by atoms with E-state index in [-0.39, 0.29) is 0 Å². The minimum Gasteiger partial charge on any atom is -0.439 e. The topological polar surface area (TPSA) is 34.2 Å². The lowest BCUT2D eigenvalue weighted by Gasteiger charge is -2.08. The Kier molecular flexibility index (Phi) is 5.42. The van der Waals surface area contributed by atoms with E-state index >= 15 is 0 Å². The van der Waals surface area contributed by atoms with Crippen LogP contribution in [-0.2, 0) is 6.54 Å². The fraction of sp³-hybridized carbons (Fsp3) is 0.214. The van der Waals surface area contributed by atoms with E-state index in [1.807, 2.05) is 37.3 Å². The van der Waals surface area contributed by atoms with Crippen LogP contribution in [0.4, 0.5) is 0 Å². The summed E-state index contributed by atoms with van der Waals surface area (Å²) in [5.74, 6) is 1.33. The summed E-state index contributed by atoms with van der Waals surface area (Å²) in [6.07, 6.45) is 0. The number of hydrogen-bond donors (Lipinski definition) is 1. The summed E-state index contributed by atoms with van der Waals surface area (Å²) in [6, 6.07) is 11.4. The van der Waals surface area contributed by atoms with Crippen LogP contribution in [-0.4, -0.2) is 11.5 Å². The van der Waals surface area contributed by atoms with Crippen LogP contribution in [0.25, 0.3) is 0 Å². The highest BCUT2D eigenvalue weighted by molar-refractivity contribution is 14.1. The largest absolute Gasteiger partial charge is 0.439 e. The van der Waals surface area contributed by atoms with E-state index in [2.05, 4.69) is 32.9 Å². The zero-order valence-corrected chi connectivity index (χ0v) is 13.4.